The third kappa shape index (κ3) is 6.15. The van der Waals surface area contributed by atoms with Crippen molar-refractivity contribution in [1.82, 2.24) is 14.1 Å². The molecule has 2 aromatic rings. The molecule has 1 N–H and O–H groups in total. The molecule has 0 aliphatic carbocycles. The molecular formula is C22H29N5O3S. The lowest BCUT2D eigenvalue weighted by Crippen LogP contribution is -2.31. The van der Waals surface area contributed by atoms with Crippen molar-refractivity contribution < 1.29 is 13.2 Å². The predicted octanol–water partition coefficient (Wildman–Crippen LogP) is 3.24. The van der Waals surface area contributed by atoms with Gasteiger partial charge in [-0.05, 0) is 43.9 Å². The molecule has 1 aromatic heterocycles. The molecule has 1 saturated heterocycles. The zero-order valence-electron chi connectivity index (χ0n) is 17.9. The molecule has 3 rings (SSSR count). The van der Waals surface area contributed by atoms with Crippen LogP contribution in [0.5, 0.6) is 0 Å². The van der Waals surface area contributed by atoms with E-state index in [0.717, 1.165) is 36.9 Å². The molecule has 0 bridgehead atoms. The molecule has 8 nitrogen and oxygen atoms in total. The Morgan fingerprint density at radius 3 is 2.48 bits per heavy atom. The number of hydrogen-bond acceptors (Lipinski definition) is 5. The van der Waals surface area contributed by atoms with Gasteiger partial charge in [-0.1, -0.05) is 25.0 Å². The van der Waals surface area contributed by atoms with Gasteiger partial charge >= 0.3 is 0 Å². The fourth-order valence-corrected chi connectivity index (χ4v) is 5.21. The highest BCUT2D eigenvalue weighted by molar-refractivity contribution is 7.89. The number of benzene rings is 1. The van der Waals surface area contributed by atoms with Gasteiger partial charge in [-0.2, -0.15) is 14.7 Å². The maximum absolute atomic E-state index is 12.9. The van der Waals surface area contributed by atoms with Crippen molar-refractivity contribution >= 4 is 21.7 Å². The molecular weight excluding hydrogens is 414 g/mol. The fraction of sp³-hybridized carbons (Fsp3) is 0.500. The Labute approximate surface area is 183 Å². The summed E-state index contributed by atoms with van der Waals surface area (Å²) in [5.74, 6) is 0.427. The Balaban J connectivity index is 1.57. The maximum atomic E-state index is 12.9. The van der Waals surface area contributed by atoms with Crippen LogP contribution < -0.4 is 5.32 Å². The number of nitrogens with one attached hydrogen (secondary N) is 1. The van der Waals surface area contributed by atoms with Gasteiger partial charge in [0.2, 0.25) is 15.9 Å². The van der Waals surface area contributed by atoms with Crippen molar-refractivity contribution in [2.45, 2.75) is 63.3 Å². The lowest BCUT2D eigenvalue weighted by atomic mass is 10.1. The van der Waals surface area contributed by atoms with E-state index in [1.54, 1.807) is 39.3 Å². The Bertz CT molecular complexity index is 1030. The lowest BCUT2D eigenvalue weighted by Gasteiger charge is -2.20. The predicted molar refractivity (Wildman–Crippen MR) is 118 cm³/mol. The number of nitrogens with zero attached hydrogens (tertiary/aromatic N) is 4. The number of sulfonamides is 1. The van der Waals surface area contributed by atoms with Gasteiger partial charge in [0, 0.05) is 25.6 Å². The summed E-state index contributed by atoms with van der Waals surface area (Å²) in [4.78, 5) is 12.7. The summed E-state index contributed by atoms with van der Waals surface area (Å²) in [6.45, 7) is 3.41. The summed E-state index contributed by atoms with van der Waals surface area (Å²) in [5, 5.41) is 15.9. The second kappa shape index (κ2) is 10.6. The van der Waals surface area contributed by atoms with E-state index in [4.69, 9.17) is 5.26 Å². The van der Waals surface area contributed by atoms with Crippen molar-refractivity contribution in [3.8, 4) is 6.07 Å². The van der Waals surface area contributed by atoms with E-state index < -0.39 is 10.0 Å². The maximum Gasteiger partial charge on any atom is 0.243 e. The van der Waals surface area contributed by atoms with E-state index in [-0.39, 0.29) is 12.3 Å². The number of anilines is 1. The van der Waals surface area contributed by atoms with Crippen molar-refractivity contribution in [1.29, 1.82) is 5.26 Å². The van der Waals surface area contributed by atoms with Crippen LogP contribution in [-0.2, 0) is 27.8 Å². The molecule has 9 heteroatoms. The zero-order chi connectivity index (χ0) is 22.3. The minimum absolute atomic E-state index is 0.153. The monoisotopic (exact) mass is 443 g/mol. The van der Waals surface area contributed by atoms with E-state index in [1.165, 1.54) is 0 Å². The Morgan fingerprint density at radius 1 is 1.16 bits per heavy atom. The van der Waals surface area contributed by atoms with Crippen molar-refractivity contribution in [2.75, 3.05) is 18.4 Å². The van der Waals surface area contributed by atoms with Crippen LogP contribution in [0.3, 0.4) is 0 Å². The Hall–Kier alpha value is -2.70. The minimum atomic E-state index is -3.46. The highest BCUT2D eigenvalue weighted by Crippen LogP contribution is 2.21. The molecule has 1 aliphatic rings. The first-order valence-corrected chi connectivity index (χ1v) is 12.1. The third-order valence-corrected chi connectivity index (χ3v) is 7.28. The molecule has 0 unspecified atom stereocenters. The normalized spacial score (nSPS) is 15.2. The number of carbonyl (C=O) groups is 1. The van der Waals surface area contributed by atoms with E-state index in [9.17, 15) is 13.2 Å². The fourth-order valence-electron chi connectivity index (χ4n) is 3.69. The summed E-state index contributed by atoms with van der Waals surface area (Å²) in [5.41, 5.74) is 1.67. The number of rotatable bonds is 8. The van der Waals surface area contributed by atoms with E-state index >= 15 is 0 Å². The molecule has 1 aliphatic heterocycles. The van der Waals surface area contributed by atoms with Crippen LogP contribution in [0.1, 0.15) is 49.8 Å². The standard InChI is InChI=1S/C22H29N5O3S/c1-18-17-21(27(25-18)16-6-13-23)24-22(28)12-9-19-7-10-20(11-8-19)31(29,30)26-14-4-2-3-5-15-26/h7-8,10-11,17H,2-6,9,12,14-16H2,1H3,(H,24,28). The molecule has 2 heterocycles. The first-order valence-electron chi connectivity index (χ1n) is 10.7. The highest BCUT2D eigenvalue weighted by atomic mass is 32.2. The Kier molecular flexibility index (Phi) is 7.82. The summed E-state index contributed by atoms with van der Waals surface area (Å²) in [7, 11) is -3.46. The molecule has 31 heavy (non-hydrogen) atoms. The first kappa shape index (κ1) is 23.0. The number of carbonyl (C=O) groups excluding carboxylic acids is 1. The summed E-state index contributed by atoms with van der Waals surface area (Å²) < 4.78 is 28.9. The first-order chi connectivity index (χ1) is 14.9. The lowest BCUT2D eigenvalue weighted by molar-refractivity contribution is -0.116. The molecule has 0 saturated carbocycles. The van der Waals surface area contributed by atoms with Gasteiger partial charge in [0.15, 0.2) is 0 Å². The molecule has 1 fully saturated rings. The van der Waals surface area contributed by atoms with E-state index in [1.807, 2.05) is 6.92 Å². The number of hydrogen-bond donors (Lipinski definition) is 1. The van der Waals surface area contributed by atoms with Crippen molar-refractivity contribution in [3.05, 3.63) is 41.6 Å². The number of aryl methyl sites for hydroxylation is 3. The van der Waals surface area contributed by atoms with Crippen LogP contribution in [0.4, 0.5) is 5.82 Å². The van der Waals surface area contributed by atoms with Crippen LogP contribution in [0.15, 0.2) is 35.2 Å². The summed E-state index contributed by atoms with van der Waals surface area (Å²) in [6.07, 6.45) is 5.04. The smallest absolute Gasteiger partial charge is 0.243 e. The van der Waals surface area contributed by atoms with Gasteiger partial charge in [0.25, 0.3) is 0 Å². The zero-order valence-corrected chi connectivity index (χ0v) is 18.7. The second-order valence-electron chi connectivity index (χ2n) is 7.81. The van der Waals surface area contributed by atoms with E-state index in [2.05, 4.69) is 16.5 Å². The number of aromatic nitrogens is 2. The van der Waals surface area contributed by atoms with Gasteiger partial charge < -0.3 is 5.32 Å². The molecule has 0 spiro atoms. The van der Waals surface area contributed by atoms with Gasteiger partial charge in [-0.25, -0.2) is 13.1 Å². The highest BCUT2D eigenvalue weighted by Gasteiger charge is 2.24. The van der Waals surface area contributed by atoms with Crippen LogP contribution in [0.2, 0.25) is 0 Å². The number of amides is 1. The summed E-state index contributed by atoms with van der Waals surface area (Å²) in [6, 6.07) is 10.7. The van der Waals surface area contributed by atoms with Gasteiger partial charge in [0.05, 0.1) is 29.6 Å². The van der Waals surface area contributed by atoms with Crippen molar-refractivity contribution in [3.63, 3.8) is 0 Å². The Morgan fingerprint density at radius 2 is 1.84 bits per heavy atom. The quantitative estimate of drug-likeness (QED) is 0.674. The van der Waals surface area contributed by atoms with Crippen LogP contribution in [0, 0.1) is 18.3 Å². The van der Waals surface area contributed by atoms with Crippen LogP contribution >= 0.6 is 0 Å². The van der Waals surface area contributed by atoms with Gasteiger partial charge in [0.1, 0.15) is 5.82 Å². The van der Waals surface area contributed by atoms with E-state index in [0.29, 0.717) is 43.2 Å². The topological polar surface area (TPSA) is 108 Å². The SMILES string of the molecule is Cc1cc(NC(=O)CCc2ccc(S(=O)(=O)N3CCCCCC3)cc2)n(CCC#N)n1. The molecule has 1 amide bonds. The van der Waals surface area contributed by atoms with Crippen molar-refractivity contribution in [2.24, 2.45) is 0 Å². The van der Waals surface area contributed by atoms with Gasteiger partial charge in [-0.15, -0.1) is 0 Å². The van der Waals surface area contributed by atoms with Crippen LogP contribution in [0.25, 0.3) is 0 Å². The van der Waals surface area contributed by atoms with Gasteiger partial charge in [-0.3, -0.25) is 4.79 Å². The van der Waals surface area contributed by atoms with Crippen LogP contribution in [-0.4, -0.2) is 41.5 Å². The molecule has 1 aromatic carbocycles. The average Bonchev–Trinajstić information content (AvgIpc) is 2.94. The number of nitriles is 1. The molecule has 166 valence electrons. The summed E-state index contributed by atoms with van der Waals surface area (Å²) >= 11 is 0. The second-order valence-corrected chi connectivity index (χ2v) is 9.75. The third-order valence-electron chi connectivity index (χ3n) is 5.37. The minimum Gasteiger partial charge on any atom is -0.311 e. The average molecular weight is 444 g/mol. The molecule has 0 atom stereocenters. The largest absolute Gasteiger partial charge is 0.311 e. The molecule has 0 radical (unpaired) electrons.